The van der Waals surface area contributed by atoms with E-state index in [1.54, 1.807) is 24.5 Å². The van der Waals surface area contributed by atoms with Crippen molar-refractivity contribution in [1.82, 2.24) is 15.2 Å². The lowest BCUT2D eigenvalue weighted by Gasteiger charge is -2.32. The van der Waals surface area contributed by atoms with Crippen molar-refractivity contribution in [2.45, 2.75) is 18.9 Å². The number of amides is 2. The molecule has 1 aliphatic rings. The van der Waals surface area contributed by atoms with Gasteiger partial charge < -0.3 is 10.2 Å². The Morgan fingerprint density at radius 1 is 1.04 bits per heavy atom. The lowest BCUT2D eigenvalue weighted by molar-refractivity contribution is 0.0689. The number of carbonyl (C=O) groups is 2. The van der Waals surface area contributed by atoms with Gasteiger partial charge in [0.2, 0.25) is 0 Å². The minimum absolute atomic E-state index is 0.0878. The van der Waals surface area contributed by atoms with Crippen LogP contribution < -0.4 is 5.32 Å². The Labute approximate surface area is 143 Å². The number of carbonyl (C=O) groups excluding carboxylic acids is 2. The van der Waals surface area contributed by atoms with E-state index in [1.807, 2.05) is 0 Å². The van der Waals surface area contributed by atoms with Gasteiger partial charge in [0, 0.05) is 37.1 Å². The fourth-order valence-electron chi connectivity index (χ4n) is 2.86. The summed E-state index contributed by atoms with van der Waals surface area (Å²) in [5.74, 6) is -2.59. The Morgan fingerprint density at radius 3 is 2.24 bits per heavy atom. The highest BCUT2D eigenvalue weighted by atomic mass is 19.1. The molecule has 0 radical (unpaired) electrons. The average Bonchev–Trinajstić information content (AvgIpc) is 2.63. The molecule has 7 heteroatoms. The number of nitrogens with zero attached hydrogens (tertiary/aromatic N) is 2. The van der Waals surface area contributed by atoms with Crippen LogP contribution in [0.25, 0.3) is 0 Å². The molecule has 2 aromatic rings. The zero-order chi connectivity index (χ0) is 17.8. The molecule has 1 N–H and O–H groups in total. The molecule has 0 atom stereocenters. The van der Waals surface area contributed by atoms with Crippen molar-refractivity contribution < 1.29 is 18.4 Å². The standard InChI is InChI=1S/C18H17F2N3O2/c19-14-2-1-3-15(20)16(14)18(25)23-10-6-13(7-11-23)22-17(24)12-4-8-21-9-5-12/h1-5,8-9,13H,6-7,10-11H2,(H,22,24). The van der Waals surface area contributed by atoms with Gasteiger partial charge in [0.15, 0.2) is 0 Å². The van der Waals surface area contributed by atoms with E-state index in [2.05, 4.69) is 10.3 Å². The maximum absolute atomic E-state index is 13.7. The number of pyridine rings is 1. The molecule has 130 valence electrons. The number of halogens is 2. The normalized spacial score (nSPS) is 15.0. The Morgan fingerprint density at radius 2 is 1.64 bits per heavy atom. The third kappa shape index (κ3) is 3.81. The lowest BCUT2D eigenvalue weighted by atomic mass is 10.0. The van der Waals surface area contributed by atoms with Gasteiger partial charge in [0.25, 0.3) is 11.8 Å². The Bertz CT molecular complexity index is 755. The molecule has 0 bridgehead atoms. The summed E-state index contributed by atoms with van der Waals surface area (Å²) in [6.07, 6.45) is 4.13. The lowest BCUT2D eigenvalue weighted by Crippen LogP contribution is -2.46. The number of hydrogen-bond acceptors (Lipinski definition) is 3. The number of rotatable bonds is 3. The Hall–Kier alpha value is -2.83. The summed E-state index contributed by atoms with van der Waals surface area (Å²) in [4.78, 5) is 29.7. The summed E-state index contributed by atoms with van der Waals surface area (Å²) in [6.45, 7) is 0.655. The molecular weight excluding hydrogens is 328 g/mol. The fourth-order valence-corrected chi connectivity index (χ4v) is 2.86. The van der Waals surface area contributed by atoms with Crippen molar-refractivity contribution in [3.8, 4) is 0 Å². The van der Waals surface area contributed by atoms with E-state index >= 15 is 0 Å². The largest absolute Gasteiger partial charge is 0.349 e. The van der Waals surface area contributed by atoms with Gasteiger partial charge in [0.05, 0.1) is 0 Å². The number of likely N-dealkylation sites (tertiary alicyclic amines) is 1. The third-order valence-corrected chi connectivity index (χ3v) is 4.24. The van der Waals surface area contributed by atoms with Crippen LogP contribution in [0.1, 0.15) is 33.6 Å². The van der Waals surface area contributed by atoms with Crippen LogP contribution in [0.4, 0.5) is 8.78 Å². The summed E-state index contributed by atoms with van der Waals surface area (Å²) < 4.78 is 27.5. The number of piperidine rings is 1. The second-order valence-corrected chi connectivity index (χ2v) is 5.87. The molecular formula is C18H17F2N3O2. The van der Waals surface area contributed by atoms with Gasteiger partial charge in [-0.05, 0) is 37.1 Å². The van der Waals surface area contributed by atoms with Crippen LogP contribution in [0.2, 0.25) is 0 Å². The third-order valence-electron chi connectivity index (χ3n) is 4.24. The van der Waals surface area contributed by atoms with Crippen molar-refractivity contribution in [2.24, 2.45) is 0 Å². The second kappa shape index (κ2) is 7.38. The van der Waals surface area contributed by atoms with E-state index in [9.17, 15) is 18.4 Å². The van der Waals surface area contributed by atoms with Crippen LogP contribution in [0, 0.1) is 11.6 Å². The molecule has 0 aliphatic carbocycles. The first kappa shape index (κ1) is 17.0. The second-order valence-electron chi connectivity index (χ2n) is 5.87. The van der Waals surface area contributed by atoms with E-state index < -0.39 is 23.1 Å². The molecule has 0 spiro atoms. The van der Waals surface area contributed by atoms with Gasteiger partial charge in [-0.1, -0.05) is 6.07 Å². The fraction of sp³-hybridized carbons (Fsp3) is 0.278. The van der Waals surface area contributed by atoms with Crippen molar-refractivity contribution in [3.63, 3.8) is 0 Å². The Balaban J connectivity index is 1.59. The minimum Gasteiger partial charge on any atom is -0.349 e. The summed E-state index contributed by atoms with van der Waals surface area (Å²) in [6, 6.07) is 6.51. The molecule has 1 fully saturated rings. The van der Waals surface area contributed by atoms with Crippen molar-refractivity contribution in [1.29, 1.82) is 0 Å². The molecule has 0 unspecified atom stereocenters. The molecule has 25 heavy (non-hydrogen) atoms. The average molecular weight is 345 g/mol. The van der Waals surface area contributed by atoms with Crippen LogP contribution in [-0.2, 0) is 0 Å². The van der Waals surface area contributed by atoms with Gasteiger partial charge in [-0.15, -0.1) is 0 Å². The topological polar surface area (TPSA) is 62.3 Å². The van der Waals surface area contributed by atoms with E-state index in [-0.39, 0.29) is 11.9 Å². The smallest absolute Gasteiger partial charge is 0.259 e. The maximum Gasteiger partial charge on any atom is 0.259 e. The summed E-state index contributed by atoms with van der Waals surface area (Å²) in [5.41, 5.74) is -0.0105. The van der Waals surface area contributed by atoms with Gasteiger partial charge in [-0.3, -0.25) is 14.6 Å². The molecule has 1 aliphatic heterocycles. The Kier molecular flexibility index (Phi) is 5.02. The monoisotopic (exact) mass is 345 g/mol. The molecule has 2 heterocycles. The van der Waals surface area contributed by atoms with E-state index in [4.69, 9.17) is 0 Å². The molecule has 1 aromatic heterocycles. The maximum atomic E-state index is 13.7. The summed E-state index contributed by atoms with van der Waals surface area (Å²) in [7, 11) is 0. The molecule has 1 saturated heterocycles. The van der Waals surface area contributed by atoms with Crippen molar-refractivity contribution in [2.75, 3.05) is 13.1 Å². The molecule has 0 saturated carbocycles. The van der Waals surface area contributed by atoms with Crippen molar-refractivity contribution in [3.05, 3.63) is 65.5 Å². The van der Waals surface area contributed by atoms with Gasteiger partial charge >= 0.3 is 0 Å². The molecule has 5 nitrogen and oxygen atoms in total. The number of aromatic nitrogens is 1. The minimum atomic E-state index is -0.863. The van der Waals surface area contributed by atoms with Crippen LogP contribution in [0.5, 0.6) is 0 Å². The number of hydrogen-bond donors (Lipinski definition) is 1. The SMILES string of the molecule is O=C(NC1CCN(C(=O)c2c(F)cccc2F)CC1)c1ccncc1. The number of benzene rings is 1. The van der Waals surface area contributed by atoms with Crippen LogP contribution in [0.3, 0.4) is 0 Å². The van der Waals surface area contributed by atoms with E-state index in [0.29, 0.717) is 31.5 Å². The first-order valence-corrected chi connectivity index (χ1v) is 8.00. The summed E-state index contributed by atoms with van der Waals surface area (Å²) >= 11 is 0. The van der Waals surface area contributed by atoms with Gasteiger partial charge in [-0.2, -0.15) is 0 Å². The zero-order valence-corrected chi connectivity index (χ0v) is 13.4. The highest BCUT2D eigenvalue weighted by molar-refractivity contribution is 5.95. The first-order valence-electron chi connectivity index (χ1n) is 8.00. The van der Waals surface area contributed by atoms with Crippen LogP contribution in [0.15, 0.2) is 42.7 Å². The van der Waals surface area contributed by atoms with E-state index in [0.717, 1.165) is 12.1 Å². The first-order chi connectivity index (χ1) is 12.1. The highest BCUT2D eigenvalue weighted by Crippen LogP contribution is 2.18. The molecule has 1 aromatic carbocycles. The predicted molar refractivity (Wildman–Crippen MR) is 87.0 cm³/mol. The molecule has 2 amide bonds. The number of nitrogens with one attached hydrogen (secondary N) is 1. The van der Waals surface area contributed by atoms with Gasteiger partial charge in [-0.25, -0.2) is 8.78 Å². The predicted octanol–water partition coefficient (Wildman–Crippen LogP) is 2.39. The van der Waals surface area contributed by atoms with E-state index in [1.165, 1.54) is 11.0 Å². The van der Waals surface area contributed by atoms with Crippen molar-refractivity contribution >= 4 is 11.8 Å². The zero-order valence-electron chi connectivity index (χ0n) is 13.4. The quantitative estimate of drug-likeness (QED) is 0.929. The highest BCUT2D eigenvalue weighted by Gasteiger charge is 2.28. The van der Waals surface area contributed by atoms with Crippen LogP contribution in [-0.4, -0.2) is 40.8 Å². The summed E-state index contributed by atoms with van der Waals surface area (Å²) in [5, 5.41) is 2.90. The van der Waals surface area contributed by atoms with Crippen LogP contribution >= 0.6 is 0 Å². The molecule has 3 rings (SSSR count). The van der Waals surface area contributed by atoms with Gasteiger partial charge in [0.1, 0.15) is 17.2 Å².